The number of aromatic nitrogens is 2. The van der Waals surface area contributed by atoms with E-state index in [1.165, 1.54) is 6.07 Å². The van der Waals surface area contributed by atoms with Gasteiger partial charge in [0, 0.05) is 61.0 Å². The van der Waals surface area contributed by atoms with Crippen molar-refractivity contribution in [3.63, 3.8) is 0 Å². The summed E-state index contributed by atoms with van der Waals surface area (Å²) in [5.74, 6) is 1.31. The molecule has 1 saturated heterocycles. The number of aliphatic hydroxyl groups excluding tert-OH is 1. The van der Waals surface area contributed by atoms with Crippen LogP contribution in [0.15, 0.2) is 18.2 Å². The maximum absolute atomic E-state index is 14.5. The van der Waals surface area contributed by atoms with Gasteiger partial charge in [0.25, 0.3) is 0 Å². The summed E-state index contributed by atoms with van der Waals surface area (Å²) in [4.78, 5) is 14.0. The van der Waals surface area contributed by atoms with E-state index < -0.39 is 0 Å². The van der Waals surface area contributed by atoms with Gasteiger partial charge in [-0.15, -0.1) is 0 Å². The SMILES string of the molecule is CCCCC(O)CN1CCN(c2nc(C)nc(CC)c2Cc2c(F)cccc2Cl)CC1. The van der Waals surface area contributed by atoms with E-state index >= 15 is 0 Å². The maximum atomic E-state index is 14.5. The van der Waals surface area contributed by atoms with E-state index in [1.807, 2.05) is 6.92 Å². The fourth-order valence-electron chi connectivity index (χ4n) is 4.22. The number of piperazine rings is 1. The van der Waals surface area contributed by atoms with Gasteiger partial charge in [-0.2, -0.15) is 0 Å². The molecule has 1 N–H and O–H groups in total. The van der Waals surface area contributed by atoms with Gasteiger partial charge in [0.15, 0.2) is 0 Å². The molecule has 3 rings (SSSR count). The minimum atomic E-state index is -0.299. The van der Waals surface area contributed by atoms with Crippen LogP contribution in [0.5, 0.6) is 0 Å². The summed E-state index contributed by atoms with van der Waals surface area (Å²) in [6.07, 6.45) is 3.88. The fourth-order valence-corrected chi connectivity index (χ4v) is 4.45. The Morgan fingerprint density at radius 2 is 1.87 bits per heavy atom. The van der Waals surface area contributed by atoms with E-state index in [-0.39, 0.29) is 11.9 Å². The minimum absolute atomic E-state index is 0.266. The van der Waals surface area contributed by atoms with Crippen molar-refractivity contribution in [3.8, 4) is 0 Å². The van der Waals surface area contributed by atoms with Crippen LogP contribution in [0.25, 0.3) is 0 Å². The van der Waals surface area contributed by atoms with Crippen molar-refractivity contribution in [1.29, 1.82) is 0 Å². The Balaban J connectivity index is 1.79. The summed E-state index contributed by atoms with van der Waals surface area (Å²) < 4.78 is 14.5. The molecule has 1 aromatic carbocycles. The minimum Gasteiger partial charge on any atom is -0.392 e. The van der Waals surface area contributed by atoms with E-state index in [4.69, 9.17) is 16.6 Å². The smallest absolute Gasteiger partial charge is 0.136 e. The largest absolute Gasteiger partial charge is 0.392 e. The van der Waals surface area contributed by atoms with Gasteiger partial charge in [0.2, 0.25) is 0 Å². The van der Waals surface area contributed by atoms with Gasteiger partial charge < -0.3 is 10.0 Å². The Labute approximate surface area is 190 Å². The van der Waals surface area contributed by atoms with Crippen LogP contribution < -0.4 is 4.90 Å². The van der Waals surface area contributed by atoms with Gasteiger partial charge in [-0.25, -0.2) is 14.4 Å². The summed E-state index contributed by atoms with van der Waals surface area (Å²) in [7, 11) is 0. The van der Waals surface area contributed by atoms with Crippen molar-refractivity contribution >= 4 is 17.4 Å². The second-order valence-electron chi connectivity index (χ2n) is 8.33. The van der Waals surface area contributed by atoms with Gasteiger partial charge in [0.05, 0.1) is 6.10 Å². The van der Waals surface area contributed by atoms with Crippen molar-refractivity contribution in [2.45, 2.75) is 59.0 Å². The number of nitrogens with zero attached hydrogens (tertiary/aromatic N) is 4. The molecule has 2 heterocycles. The molecule has 5 nitrogen and oxygen atoms in total. The van der Waals surface area contributed by atoms with Crippen LogP contribution in [0.3, 0.4) is 0 Å². The van der Waals surface area contributed by atoms with Crippen LogP contribution in [-0.2, 0) is 12.8 Å². The molecular weight excluding hydrogens is 415 g/mol. The number of benzene rings is 1. The summed E-state index contributed by atoms with van der Waals surface area (Å²) in [6.45, 7) is 10.2. The molecule has 7 heteroatoms. The second-order valence-corrected chi connectivity index (χ2v) is 8.74. The molecule has 31 heavy (non-hydrogen) atoms. The third-order valence-corrected chi connectivity index (χ3v) is 6.32. The molecule has 0 aliphatic carbocycles. The zero-order valence-electron chi connectivity index (χ0n) is 18.9. The molecule has 1 aliphatic heterocycles. The predicted molar refractivity (Wildman–Crippen MR) is 125 cm³/mol. The molecule has 0 amide bonds. The molecule has 0 saturated carbocycles. The van der Waals surface area contributed by atoms with Gasteiger partial charge in [0.1, 0.15) is 17.5 Å². The van der Waals surface area contributed by atoms with Crippen LogP contribution in [0.2, 0.25) is 5.02 Å². The highest BCUT2D eigenvalue weighted by atomic mass is 35.5. The van der Waals surface area contributed by atoms with E-state index in [2.05, 4.69) is 28.6 Å². The number of halogens is 2. The number of aliphatic hydroxyl groups is 1. The third kappa shape index (κ3) is 6.15. The Hall–Kier alpha value is -1.76. The van der Waals surface area contributed by atoms with Crippen molar-refractivity contribution in [1.82, 2.24) is 14.9 Å². The Morgan fingerprint density at radius 3 is 2.52 bits per heavy atom. The molecule has 1 aliphatic rings. The standard InChI is InChI=1S/C24H34ClFN4O/c1-4-6-8-18(31)16-29-11-13-30(14-12-29)24-20(23(5-2)27-17(3)28-24)15-19-21(25)9-7-10-22(19)26/h7,9-10,18,31H,4-6,8,11-16H2,1-3H3. The molecule has 1 aromatic heterocycles. The Bertz CT molecular complexity index is 851. The average molecular weight is 449 g/mol. The topological polar surface area (TPSA) is 52.5 Å². The number of hydrogen-bond donors (Lipinski definition) is 1. The van der Waals surface area contributed by atoms with Crippen LogP contribution in [0, 0.1) is 12.7 Å². The number of anilines is 1. The normalized spacial score (nSPS) is 16.0. The Morgan fingerprint density at radius 1 is 1.13 bits per heavy atom. The quantitative estimate of drug-likeness (QED) is 0.616. The van der Waals surface area contributed by atoms with Crippen molar-refractivity contribution in [2.75, 3.05) is 37.6 Å². The van der Waals surface area contributed by atoms with E-state index in [1.54, 1.807) is 12.1 Å². The summed E-state index contributed by atoms with van der Waals surface area (Å²) in [5, 5.41) is 10.7. The number of hydrogen-bond acceptors (Lipinski definition) is 5. The lowest BCUT2D eigenvalue weighted by atomic mass is 10.0. The highest BCUT2D eigenvalue weighted by Crippen LogP contribution is 2.29. The molecule has 2 aromatic rings. The first kappa shape index (κ1) is 23.9. The van der Waals surface area contributed by atoms with Crippen molar-refractivity contribution in [3.05, 3.63) is 51.7 Å². The van der Waals surface area contributed by atoms with E-state index in [9.17, 15) is 9.50 Å². The molecule has 1 atom stereocenters. The number of β-amino-alcohol motifs (C(OH)–C–C–N with tert-alkyl or cyclic N) is 1. The molecule has 170 valence electrons. The zero-order chi connectivity index (χ0) is 22.4. The lowest BCUT2D eigenvalue weighted by Crippen LogP contribution is -2.49. The van der Waals surface area contributed by atoms with Crippen LogP contribution in [-0.4, -0.2) is 58.8 Å². The first-order valence-corrected chi connectivity index (χ1v) is 11.7. The first-order chi connectivity index (χ1) is 14.9. The summed E-state index contributed by atoms with van der Waals surface area (Å²) in [6, 6.07) is 4.80. The molecule has 1 unspecified atom stereocenters. The molecule has 0 bridgehead atoms. The van der Waals surface area contributed by atoms with Gasteiger partial charge in [-0.3, -0.25) is 4.90 Å². The third-order valence-electron chi connectivity index (χ3n) is 5.96. The molecule has 1 fully saturated rings. The summed E-state index contributed by atoms with van der Waals surface area (Å²) >= 11 is 6.32. The van der Waals surface area contributed by atoms with Crippen LogP contribution >= 0.6 is 11.6 Å². The van der Waals surface area contributed by atoms with Crippen molar-refractivity contribution < 1.29 is 9.50 Å². The number of unbranched alkanes of at least 4 members (excludes halogenated alkanes) is 1. The second kappa shape index (κ2) is 11.2. The average Bonchev–Trinajstić information content (AvgIpc) is 2.76. The molecule has 0 radical (unpaired) electrons. The van der Waals surface area contributed by atoms with Gasteiger partial charge in [-0.05, 0) is 31.9 Å². The summed E-state index contributed by atoms with van der Waals surface area (Å²) in [5.41, 5.74) is 2.39. The molecule has 0 spiro atoms. The van der Waals surface area contributed by atoms with Crippen LogP contribution in [0.1, 0.15) is 55.8 Å². The van der Waals surface area contributed by atoms with Gasteiger partial charge >= 0.3 is 0 Å². The van der Waals surface area contributed by atoms with Gasteiger partial charge in [-0.1, -0.05) is 44.4 Å². The lowest BCUT2D eigenvalue weighted by molar-refractivity contribution is 0.100. The highest BCUT2D eigenvalue weighted by Gasteiger charge is 2.25. The fraction of sp³-hybridized carbons (Fsp3) is 0.583. The molecular formula is C24H34ClFN4O. The monoisotopic (exact) mass is 448 g/mol. The first-order valence-electron chi connectivity index (χ1n) is 11.4. The number of rotatable bonds is 9. The van der Waals surface area contributed by atoms with Crippen molar-refractivity contribution in [2.24, 2.45) is 0 Å². The Kier molecular flexibility index (Phi) is 8.64. The van der Waals surface area contributed by atoms with Crippen LogP contribution in [0.4, 0.5) is 10.2 Å². The highest BCUT2D eigenvalue weighted by molar-refractivity contribution is 6.31. The zero-order valence-corrected chi connectivity index (χ0v) is 19.6. The number of aryl methyl sites for hydroxylation is 2. The van der Waals surface area contributed by atoms with E-state index in [0.29, 0.717) is 23.6 Å². The van der Waals surface area contributed by atoms with E-state index in [0.717, 1.165) is 74.8 Å². The predicted octanol–water partition coefficient (Wildman–Crippen LogP) is 4.40. The lowest BCUT2D eigenvalue weighted by Gasteiger charge is -2.37. The maximum Gasteiger partial charge on any atom is 0.136 e.